The molecular formula is C10H10N4O2. The van der Waals surface area contributed by atoms with Gasteiger partial charge in [-0.25, -0.2) is 4.68 Å². The number of aromatic nitrogens is 3. The first kappa shape index (κ1) is 10.2. The minimum Gasteiger partial charge on any atom is -0.507 e. The lowest BCUT2D eigenvalue weighted by Gasteiger charge is -2.02. The maximum atomic E-state index is 9.57. The number of hydrogen-bond acceptors (Lipinski definition) is 5. The van der Waals surface area contributed by atoms with E-state index in [2.05, 4.69) is 15.3 Å². The molecule has 6 nitrogen and oxygen atoms in total. The van der Waals surface area contributed by atoms with Crippen molar-refractivity contribution in [3.63, 3.8) is 0 Å². The molecule has 0 unspecified atom stereocenters. The van der Waals surface area contributed by atoms with Crippen molar-refractivity contribution in [1.82, 2.24) is 14.9 Å². The van der Waals surface area contributed by atoms with Gasteiger partial charge in [-0.15, -0.1) is 10.2 Å². The molecule has 1 N–H and O–H groups in total. The average Bonchev–Trinajstić information content (AvgIpc) is 2.81. The maximum absolute atomic E-state index is 9.57. The van der Waals surface area contributed by atoms with Crippen LogP contribution in [0.4, 0.5) is 0 Å². The van der Waals surface area contributed by atoms with E-state index in [0.717, 1.165) is 0 Å². The van der Waals surface area contributed by atoms with Crippen LogP contribution < -0.4 is 4.74 Å². The molecule has 2 rings (SSSR count). The molecule has 0 bridgehead atoms. The predicted octanol–water partition coefficient (Wildman–Crippen LogP) is 0.874. The summed E-state index contributed by atoms with van der Waals surface area (Å²) in [7, 11) is 1.56. The lowest BCUT2D eigenvalue weighted by Crippen LogP contribution is -1.90. The number of hydrogen-bond donors (Lipinski definition) is 1. The highest BCUT2D eigenvalue weighted by molar-refractivity contribution is 5.83. The Morgan fingerprint density at radius 1 is 1.38 bits per heavy atom. The van der Waals surface area contributed by atoms with Crippen molar-refractivity contribution in [3.05, 3.63) is 36.4 Å². The number of methoxy groups -OCH3 is 1. The van der Waals surface area contributed by atoms with Gasteiger partial charge in [-0.2, -0.15) is 5.10 Å². The predicted molar refractivity (Wildman–Crippen MR) is 57.7 cm³/mol. The molecule has 82 valence electrons. The second-order valence-electron chi connectivity index (χ2n) is 3.01. The summed E-state index contributed by atoms with van der Waals surface area (Å²) in [4.78, 5) is 0. The fourth-order valence-corrected chi connectivity index (χ4v) is 1.15. The van der Waals surface area contributed by atoms with E-state index in [0.29, 0.717) is 11.3 Å². The Bertz CT molecular complexity index is 494. The molecule has 0 saturated heterocycles. The zero-order valence-corrected chi connectivity index (χ0v) is 8.61. The summed E-state index contributed by atoms with van der Waals surface area (Å²) >= 11 is 0. The van der Waals surface area contributed by atoms with Gasteiger partial charge >= 0.3 is 0 Å². The number of rotatable bonds is 3. The van der Waals surface area contributed by atoms with Crippen molar-refractivity contribution in [2.75, 3.05) is 7.11 Å². The van der Waals surface area contributed by atoms with Gasteiger partial charge < -0.3 is 9.84 Å². The lowest BCUT2D eigenvalue weighted by molar-refractivity contribution is 0.412. The Kier molecular flexibility index (Phi) is 2.81. The first-order valence-electron chi connectivity index (χ1n) is 4.55. The minimum atomic E-state index is 0.137. The molecule has 0 fully saturated rings. The molecule has 0 atom stereocenters. The Labute approximate surface area is 91.8 Å². The summed E-state index contributed by atoms with van der Waals surface area (Å²) in [5, 5.41) is 20.8. The largest absolute Gasteiger partial charge is 0.507 e. The highest BCUT2D eigenvalue weighted by Gasteiger charge is 2.00. The lowest BCUT2D eigenvalue weighted by atomic mass is 10.2. The van der Waals surface area contributed by atoms with E-state index in [1.54, 1.807) is 25.3 Å². The normalized spacial score (nSPS) is 10.8. The molecule has 0 spiro atoms. The van der Waals surface area contributed by atoms with Gasteiger partial charge in [0.25, 0.3) is 0 Å². The SMILES string of the molecule is COc1ccc(O)c(/C=N/n2cnnc2)c1. The summed E-state index contributed by atoms with van der Waals surface area (Å²) in [6, 6.07) is 4.90. The third kappa shape index (κ3) is 2.17. The van der Waals surface area contributed by atoms with Crippen LogP contribution in [0.15, 0.2) is 36.0 Å². The van der Waals surface area contributed by atoms with Crippen LogP contribution in [0.5, 0.6) is 11.5 Å². The molecular weight excluding hydrogens is 208 g/mol. The topological polar surface area (TPSA) is 72.5 Å². The average molecular weight is 218 g/mol. The van der Waals surface area contributed by atoms with Crippen molar-refractivity contribution < 1.29 is 9.84 Å². The van der Waals surface area contributed by atoms with Crippen LogP contribution >= 0.6 is 0 Å². The van der Waals surface area contributed by atoms with Gasteiger partial charge in [0, 0.05) is 5.56 Å². The number of phenolic OH excluding ortho intramolecular Hbond substituents is 1. The summed E-state index contributed by atoms with van der Waals surface area (Å²) < 4.78 is 6.47. The van der Waals surface area contributed by atoms with E-state index in [9.17, 15) is 5.11 Å². The van der Waals surface area contributed by atoms with E-state index in [1.165, 1.54) is 23.5 Å². The number of phenols is 1. The third-order valence-electron chi connectivity index (χ3n) is 1.97. The van der Waals surface area contributed by atoms with E-state index in [4.69, 9.17) is 4.74 Å². The van der Waals surface area contributed by atoms with Crippen LogP contribution in [0.1, 0.15) is 5.56 Å². The minimum absolute atomic E-state index is 0.137. The van der Waals surface area contributed by atoms with Gasteiger partial charge in [0.1, 0.15) is 24.2 Å². The summed E-state index contributed by atoms with van der Waals surface area (Å²) in [6.07, 6.45) is 4.41. The van der Waals surface area contributed by atoms with Crippen LogP contribution in [0.2, 0.25) is 0 Å². The molecule has 1 aromatic carbocycles. The molecule has 2 aromatic rings. The molecule has 0 amide bonds. The fraction of sp³-hybridized carbons (Fsp3) is 0.100. The molecule has 0 saturated carbocycles. The van der Waals surface area contributed by atoms with Crippen LogP contribution in [0.3, 0.4) is 0 Å². The van der Waals surface area contributed by atoms with Gasteiger partial charge in [-0.05, 0) is 18.2 Å². The van der Waals surface area contributed by atoms with Crippen LogP contribution in [0.25, 0.3) is 0 Å². The van der Waals surface area contributed by atoms with Crippen molar-refractivity contribution in [2.24, 2.45) is 5.10 Å². The van der Waals surface area contributed by atoms with Crippen LogP contribution in [0, 0.1) is 0 Å². The summed E-state index contributed by atoms with van der Waals surface area (Å²) in [5.41, 5.74) is 0.563. The van der Waals surface area contributed by atoms with Crippen molar-refractivity contribution in [2.45, 2.75) is 0 Å². The smallest absolute Gasteiger partial charge is 0.141 e. The summed E-state index contributed by atoms with van der Waals surface area (Å²) in [6.45, 7) is 0. The zero-order valence-electron chi connectivity index (χ0n) is 8.61. The van der Waals surface area contributed by atoms with Crippen molar-refractivity contribution in [3.8, 4) is 11.5 Å². The number of nitrogens with zero attached hydrogens (tertiary/aromatic N) is 4. The number of aromatic hydroxyl groups is 1. The zero-order chi connectivity index (χ0) is 11.4. The Morgan fingerprint density at radius 3 is 2.81 bits per heavy atom. The Balaban J connectivity index is 2.26. The Hall–Kier alpha value is -2.37. The monoisotopic (exact) mass is 218 g/mol. The molecule has 1 aromatic heterocycles. The molecule has 0 aliphatic rings. The maximum Gasteiger partial charge on any atom is 0.141 e. The molecule has 0 radical (unpaired) electrons. The highest BCUT2D eigenvalue weighted by atomic mass is 16.5. The molecule has 0 aliphatic carbocycles. The van der Waals surface area contributed by atoms with Gasteiger partial charge in [-0.3, -0.25) is 0 Å². The third-order valence-corrected chi connectivity index (χ3v) is 1.97. The first-order chi connectivity index (χ1) is 7.79. The van der Waals surface area contributed by atoms with Crippen LogP contribution in [-0.2, 0) is 0 Å². The highest BCUT2D eigenvalue weighted by Crippen LogP contribution is 2.20. The molecule has 6 heteroatoms. The standard InChI is InChI=1S/C10H10N4O2/c1-16-9-2-3-10(15)8(4-9)5-13-14-6-11-12-7-14/h2-7,15H,1H3/b13-5+. The second-order valence-corrected chi connectivity index (χ2v) is 3.01. The van der Waals surface area contributed by atoms with Gasteiger partial charge in [0.05, 0.1) is 13.3 Å². The number of ether oxygens (including phenoxy) is 1. The van der Waals surface area contributed by atoms with Crippen molar-refractivity contribution >= 4 is 6.21 Å². The van der Waals surface area contributed by atoms with E-state index in [1.807, 2.05) is 0 Å². The van der Waals surface area contributed by atoms with E-state index in [-0.39, 0.29) is 5.75 Å². The first-order valence-corrected chi connectivity index (χ1v) is 4.55. The number of benzene rings is 1. The van der Waals surface area contributed by atoms with E-state index >= 15 is 0 Å². The molecule has 16 heavy (non-hydrogen) atoms. The van der Waals surface area contributed by atoms with Crippen LogP contribution in [-0.4, -0.2) is 33.3 Å². The molecule has 1 heterocycles. The van der Waals surface area contributed by atoms with Crippen molar-refractivity contribution in [1.29, 1.82) is 0 Å². The second kappa shape index (κ2) is 4.43. The van der Waals surface area contributed by atoms with Gasteiger partial charge in [0.2, 0.25) is 0 Å². The quantitative estimate of drug-likeness (QED) is 0.776. The Morgan fingerprint density at radius 2 is 2.12 bits per heavy atom. The van der Waals surface area contributed by atoms with Gasteiger partial charge in [0.15, 0.2) is 0 Å². The summed E-state index contributed by atoms with van der Waals surface area (Å²) in [5.74, 6) is 0.792. The van der Waals surface area contributed by atoms with E-state index < -0.39 is 0 Å². The van der Waals surface area contributed by atoms with Gasteiger partial charge in [-0.1, -0.05) is 0 Å². The molecule has 0 aliphatic heterocycles. The fourth-order valence-electron chi connectivity index (χ4n) is 1.15.